The number of hydrogen-bond acceptors (Lipinski definition) is 4. The van der Waals surface area contributed by atoms with Crippen LogP contribution in [0.3, 0.4) is 0 Å². The molecule has 2 rings (SSSR count). The van der Waals surface area contributed by atoms with E-state index >= 15 is 0 Å². The Morgan fingerprint density at radius 1 is 1.32 bits per heavy atom. The third-order valence-electron chi connectivity index (χ3n) is 3.86. The van der Waals surface area contributed by atoms with Gasteiger partial charge in [0.2, 0.25) is 0 Å². The van der Waals surface area contributed by atoms with Crippen molar-refractivity contribution in [3.05, 3.63) is 24.3 Å². The molecule has 1 aromatic rings. The number of hydrogen-bond donors (Lipinski definition) is 2. The summed E-state index contributed by atoms with van der Waals surface area (Å²) >= 11 is 0. The largest absolute Gasteiger partial charge is 0.396 e. The van der Waals surface area contributed by atoms with Crippen molar-refractivity contribution in [2.24, 2.45) is 5.41 Å². The minimum atomic E-state index is -3.20. The highest BCUT2D eigenvalue weighted by Crippen LogP contribution is 2.48. The molecule has 0 spiro atoms. The first-order valence-electron chi connectivity index (χ1n) is 6.69. The Morgan fingerprint density at radius 2 is 2.00 bits per heavy atom. The molecule has 19 heavy (non-hydrogen) atoms. The van der Waals surface area contributed by atoms with E-state index in [1.165, 1.54) is 0 Å². The zero-order valence-corrected chi connectivity index (χ0v) is 12.0. The minimum Gasteiger partial charge on any atom is -0.396 e. The summed E-state index contributed by atoms with van der Waals surface area (Å²) < 4.78 is 24.0. The SMILES string of the molecule is CCS(=O)(=O)c1ccccc1NCC1(CCO)CC1. The number of rotatable bonds is 7. The maximum Gasteiger partial charge on any atom is 0.180 e. The third-order valence-corrected chi connectivity index (χ3v) is 5.64. The zero-order chi connectivity index (χ0) is 13.9. The Bertz CT molecular complexity index is 535. The van der Waals surface area contributed by atoms with Crippen LogP contribution < -0.4 is 5.32 Å². The third kappa shape index (κ3) is 3.28. The monoisotopic (exact) mass is 283 g/mol. The molecule has 4 nitrogen and oxygen atoms in total. The van der Waals surface area contributed by atoms with Crippen molar-refractivity contribution >= 4 is 15.5 Å². The number of benzene rings is 1. The average Bonchev–Trinajstić information content (AvgIpc) is 3.17. The van der Waals surface area contributed by atoms with Crippen LogP contribution in [0.25, 0.3) is 0 Å². The first-order chi connectivity index (χ1) is 9.03. The normalized spacial score (nSPS) is 17.2. The molecule has 0 aliphatic heterocycles. The van der Waals surface area contributed by atoms with Crippen LogP contribution in [0.1, 0.15) is 26.2 Å². The molecule has 0 amide bonds. The summed E-state index contributed by atoms with van der Waals surface area (Å²) in [6, 6.07) is 7.03. The molecule has 0 unspecified atom stereocenters. The minimum absolute atomic E-state index is 0.105. The van der Waals surface area contributed by atoms with Gasteiger partial charge in [-0.1, -0.05) is 19.1 Å². The summed E-state index contributed by atoms with van der Waals surface area (Å²) in [4.78, 5) is 0.372. The molecule has 0 saturated heterocycles. The van der Waals surface area contributed by atoms with Gasteiger partial charge in [-0.05, 0) is 36.8 Å². The highest BCUT2D eigenvalue weighted by molar-refractivity contribution is 7.91. The highest BCUT2D eigenvalue weighted by atomic mass is 32.2. The van der Waals surface area contributed by atoms with Gasteiger partial charge in [0.05, 0.1) is 16.3 Å². The molecule has 0 radical (unpaired) electrons. The van der Waals surface area contributed by atoms with Gasteiger partial charge >= 0.3 is 0 Å². The highest BCUT2D eigenvalue weighted by Gasteiger charge is 2.41. The van der Waals surface area contributed by atoms with Crippen molar-refractivity contribution in [1.82, 2.24) is 0 Å². The molecule has 2 N–H and O–H groups in total. The van der Waals surface area contributed by atoms with Crippen LogP contribution in [0.4, 0.5) is 5.69 Å². The van der Waals surface area contributed by atoms with E-state index in [-0.39, 0.29) is 17.8 Å². The Hall–Kier alpha value is -1.07. The van der Waals surface area contributed by atoms with E-state index in [1.54, 1.807) is 25.1 Å². The fourth-order valence-corrected chi connectivity index (χ4v) is 3.32. The number of nitrogens with one attached hydrogen (secondary N) is 1. The van der Waals surface area contributed by atoms with Crippen molar-refractivity contribution in [3.63, 3.8) is 0 Å². The molecule has 106 valence electrons. The summed E-state index contributed by atoms with van der Waals surface area (Å²) in [7, 11) is -3.20. The van der Waals surface area contributed by atoms with Gasteiger partial charge in [0.15, 0.2) is 9.84 Å². The summed E-state index contributed by atoms with van der Waals surface area (Å²) in [5, 5.41) is 12.3. The molecule has 0 aromatic heterocycles. The Balaban J connectivity index is 2.13. The number of para-hydroxylation sites is 1. The Morgan fingerprint density at radius 3 is 2.58 bits per heavy atom. The second kappa shape index (κ2) is 5.51. The number of aliphatic hydroxyl groups is 1. The predicted molar refractivity (Wildman–Crippen MR) is 76.0 cm³/mol. The summed E-state index contributed by atoms with van der Waals surface area (Å²) in [6.45, 7) is 2.57. The molecule has 0 bridgehead atoms. The standard InChI is InChI=1S/C14H21NO3S/c1-2-19(17,18)13-6-4-3-5-12(13)15-11-14(7-8-14)9-10-16/h3-6,15-16H,2,7-11H2,1H3. The van der Waals surface area contributed by atoms with Crippen LogP contribution in [-0.2, 0) is 9.84 Å². The van der Waals surface area contributed by atoms with E-state index in [1.807, 2.05) is 6.07 Å². The molecule has 1 aliphatic carbocycles. The topological polar surface area (TPSA) is 66.4 Å². The van der Waals surface area contributed by atoms with E-state index < -0.39 is 9.84 Å². The maximum atomic E-state index is 12.0. The van der Waals surface area contributed by atoms with Crippen LogP contribution in [0.2, 0.25) is 0 Å². The lowest BCUT2D eigenvalue weighted by molar-refractivity contribution is 0.253. The molecule has 1 aromatic carbocycles. The van der Waals surface area contributed by atoms with E-state index in [0.717, 1.165) is 25.8 Å². The molecule has 0 atom stereocenters. The van der Waals surface area contributed by atoms with E-state index in [9.17, 15) is 8.42 Å². The van der Waals surface area contributed by atoms with Gasteiger partial charge in [-0.3, -0.25) is 0 Å². The lowest BCUT2D eigenvalue weighted by Crippen LogP contribution is -2.18. The van der Waals surface area contributed by atoms with Gasteiger partial charge in [0.25, 0.3) is 0 Å². The van der Waals surface area contributed by atoms with Gasteiger partial charge in [0, 0.05) is 13.2 Å². The van der Waals surface area contributed by atoms with Gasteiger partial charge in [-0.15, -0.1) is 0 Å². The Labute approximate surface area is 114 Å². The van der Waals surface area contributed by atoms with Crippen molar-refractivity contribution in [1.29, 1.82) is 0 Å². The number of anilines is 1. The van der Waals surface area contributed by atoms with Crippen LogP contribution in [0.5, 0.6) is 0 Å². The van der Waals surface area contributed by atoms with Crippen molar-refractivity contribution < 1.29 is 13.5 Å². The molecular weight excluding hydrogens is 262 g/mol. The number of sulfone groups is 1. The summed E-state index contributed by atoms with van der Waals surface area (Å²) in [5.41, 5.74) is 0.839. The van der Waals surface area contributed by atoms with Gasteiger partial charge < -0.3 is 10.4 Å². The van der Waals surface area contributed by atoms with Crippen molar-refractivity contribution in [3.8, 4) is 0 Å². The average molecular weight is 283 g/mol. The lowest BCUT2D eigenvalue weighted by atomic mass is 10.0. The van der Waals surface area contributed by atoms with Crippen LogP contribution in [-0.4, -0.2) is 32.4 Å². The first-order valence-corrected chi connectivity index (χ1v) is 8.35. The van der Waals surface area contributed by atoms with E-state index in [0.29, 0.717) is 10.6 Å². The van der Waals surface area contributed by atoms with Gasteiger partial charge in [-0.2, -0.15) is 0 Å². The summed E-state index contributed by atoms with van der Waals surface area (Å²) in [6.07, 6.45) is 2.98. The van der Waals surface area contributed by atoms with Crippen LogP contribution in [0, 0.1) is 5.41 Å². The first kappa shape index (κ1) is 14.3. The second-order valence-electron chi connectivity index (χ2n) is 5.23. The quantitative estimate of drug-likeness (QED) is 0.804. The van der Waals surface area contributed by atoms with Crippen LogP contribution in [0.15, 0.2) is 29.2 Å². The van der Waals surface area contributed by atoms with Crippen molar-refractivity contribution in [2.75, 3.05) is 24.2 Å². The zero-order valence-electron chi connectivity index (χ0n) is 11.2. The fourth-order valence-electron chi connectivity index (χ4n) is 2.25. The molecular formula is C14H21NO3S. The number of aliphatic hydroxyl groups excluding tert-OH is 1. The molecule has 0 heterocycles. The molecule has 1 aliphatic rings. The van der Waals surface area contributed by atoms with Crippen LogP contribution >= 0.6 is 0 Å². The fraction of sp³-hybridized carbons (Fsp3) is 0.571. The predicted octanol–water partition coefficient (Wildman–Crippen LogP) is 2.05. The lowest BCUT2D eigenvalue weighted by Gasteiger charge is -2.17. The van der Waals surface area contributed by atoms with Crippen molar-refractivity contribution in [2.45, 2.75) is 31.1 Å². The van der Waals surface area contributed by atoms with E-state index in [2.05, 4.69) is 5.32 Å². The summed E-state index contributed by atoms with van der Waals surface area (Å²) in [5.74, 6) is 0.105. The molecule has 5 heteroatoms. The van der Waals surface area contributed by atoms with Gasteiger partial charge in [0.1, 0.15) is 0 Å². The smallest absolute Gasteiger partial charge is 0.180 e. The molecule has 1 fully saturated rings. The second-order valence-corrected chi connectivity index (χ2v) is 7.47. The molecule has 1 saturated carbocycles. The Kier molecular flexibility index (Phi) is 4.16. The van der Waals surface area contributed by atoms with Gasteiger partial charge in [-0.25, -0.2) is 8.42 Å². The van der Waals surface area contributed by atoms with E-state index in [4.69, 9.17) is 5.11 Å². The maximum absolute atomic E-state index is 12.0.